The van der Waals surface area contributed by atoms with Gasteiger partial charge in [-0.05, 0) is 28.4 Å². The molecule has 0 spiro atoms. The molecule has 21 heavy (non-hydrogen) atoms. The molecule has 0 unspecified atom stereocenters. The van der Waals surface area contributed by atoms with Crippen molar-refractivity contribution in [1.82, 2.24) is 4.31 Å². The molecule has 9 heteroatoms. The lowest BCUT2D eigenvalue weighted by atomic mass is 9.92. The van der Waals surface area contributed by atoms with Crippen LogP contribution in [0.1, 0.15) is 19.8 Å². The van der Waals surface area contributed by atoms with Crippen molar-refractivity contribution < 1.29 is 17.9 Å². The second-order valence-electron chi connectivity index (χ2n) is 5.15. The van der Waals surface area contributed by atoms with Crippen molar-refractivity contribution in [2.24, 2.45) is 0 Å². The second-order valence-corrected chi connectivity index (χ2v) is 8.25. The summed E-state index contributed by atoms with van der Waals surface area (Å²) < 4.78 is 40.0. The van der Waals surface area contributed by atoms with Crippen molar-refractivity contribution in [1.29, 1.82) is 0 Å². The van der Waals surface area contributed by atoms with E-state index in [1.807, 2.05) is 6.92 Å². The third kappa shape index (κ3) is 2.92. The first-order valence-corrected chi connectivity index (χ1v) is 8.89. The number of benzene rings is 1. The van der Waals surface area contributed by atoms with Gasteiger partial charge in [-0.1, -0.05) is 24.9 Å². The summed E-state index contributed by atoms with van der Waals surface area (Å²) in [5.41, 5.74) is 4.11. The Kier molecular flexibility index (Phi) is 4.57. The topological polar surface area (TPSA) is 83.6 Å². The van der Waals surface area contributed by atoms with E-state index in [-0.39, 0.29) is 28.3 Å². The van der Waals surface area contributed by atoms with Gasteiger partial charge in [-0.15, -0.1) is 0 Å². The SMILES string of the molecule is CCCC1(O)CN(S(=O)(=O)c2cc(Cl)c(Br)c(N)c2F)C1. The molecular formula is C12H15BrClFN2O3S. The molecule has 0 saturated carbocycles. The Morgan fingerprint density at radius 2 is 2.14 bits per heavy atom. The van der Waals surface area contributed by atoms with E-state index in [9.17, 15) is 17.9 Å². The summed E-state index contributed by atoms with van der Waals surface area (Å²) in [4.78, 5) is -0.577. The fraction of sp³-hybridized carbons (Fsp3) is 0.500. The zero-order chi connectivity index (χ0) is 16.0. The molecule has 3 N–H and O–H groups in total. The van der Waals surface area contributed by atoms with Gasteiger partial charge in [-0.2, -0.15) is 4.31 Å². The normalized spacial score (nSPS) is 18.5. The third-order valence-electron chi connectivity index (χ3n) is 3.43. The molecule has 0 atom stereocenters. The molecule has 118 valence electrons. The van der Waals surface area contributed by atoms with Crippen LogP contribution in [0.15, 0.2) is 15.4 Å². The maximum Gasteiger partial charge on any atom is 0.246 e. The van der Waals surface area contributed by atoms with Crippen LogP contribution in [0.3, 0.4) is 0 Å². The number of halogens is 3. The van der Waals surface area contributed by atoms with Crippen LogP contribution in [0.5, 0.6) is 0 Å². The van der Waals surface area contributed by atoms with Gasteiger partial charge >= 0.3 is 0 Å². The second kappa shape index (κ2) is 5.66. The highest BCUT2D eigenvalue weighted by molar-refractivity contribution is 9.10. The monoisotopic (exact) mass is 400 g/mol. The molecule has 1 saturated heterocycles. The van der Waals surface area contributed by atoms with E-state index in [0.717, 1.165) is 16.8 Å². The minimum atomic E-state index is -4.07. The van der Waals surface area contributed by atoms with Gasteiger partial charge in [0.15, 0.2) is 5.82 Å². The van der Waals surface area contributed by atoms with Crippen molar-refractivity contribution in [2.45, 2.75) is 30.3 Å². The van der Waals surface area contributed by atoms with E-state index in [2.05, 4.69) is 15.9 Å². The van der Waals surface area contributed by atoms with Crippen molar-refractivity contribution in [2.75, 3.05) is 18.8 Å². The fourth-order valence-electron chi connectivity index (χ4n) is 2.33. The van der Waals surface area contributed by atoms with Crippen LogP contribution in [-0.2, 0) is 10.0 Å². The van der Waals surface area contributed by atoms with Crippen LogP contribution in [0, 0.1) is 5.82 Å². The lowest BCUT2D eigenvalue weighted by Gasteiger charge is -2.45. The lowest BCUT2D eigenvalue weighted by Crippen LogP contribution is -2.63. The lowest BCUT2D eigenvalue weighted by molar-refractivity contribution is -0.0653. The van der Waals surface area contributed by atoms with Gasteiger partial charge in [-0.3, -0.25) is 0 Å². The number of β-amino-alcohol motifs (C(OH)–C–C–N with tert-alkyl or cyclic N) is 1. The number of hydrogen-bond acceptors (Lipinski definition) is 4. The fourth-order valence-corrected chi connectivity index (χ4v) is 4.60. The van der Waals surface area contributed by atoms with Crippen molar-refractivity contribution in [3.05, 3.63) is 21.4 Å². The average Bonchev–Trinajstić information content (AvgIpc) is 2.37. The molecule has 0 aliphatic carbocycles. The number of rotatable bonds is 4. The van der Waals surface area contributed by atoms with Gasteiger partial charge in [0.25, 0.3) is 0 Å². The van der Waals surface area contributed by atoms with Crippen LogP contribution < -0.4 is 5.73 Å². The Balaban J connectivity index is 2.35. The van der Waals surface area contributed by atoms with E-state index < -0.39 is 26.3 Å². The van der Waals surface area contributed by atoms with E-state index in [1.54, 1.807) is 0 Å². The van der Waals surface area contributed by atoms with Crippen molar-refractivity contribution in [3.8, 4) is 0 Å². The highest BCUT2D eigenvalue weighted by atomic mass is 79.9. The van der Waals surface area contributed by atoms with E-state index in [0.29, 0.717) is 6.42 Å². The summed E-state index contributed by atoms with van der Waals surface area (Å²) in [6, 6.07) is 1.02. The van der Waals surface area contributed by atoms with Crippen LogP contribution in [0.4, 0.5) is 10.1 Å². The van der Waals surface area contributed by atoms with Crippen molar-refractivity contribution in [3.63, 3.8) is 0 Å². The highest BCUT2D eigenvalue weighted by Crippen LogP contribution is 2.38. The quantitative estimate of drug-likeness (QED) is 0.599. The van der Waals surface area contributed by atoms with Gasteiger partial charge in [0.05, 0.1) is 20.8 Å². The van der Waals surface area contributed by atoms with E-state index in [4.69, 9.17) is 17.3 Å². The molecular weight excluding hydrogens is 387 g/mol. The largest absolute Gasteiger partial charge is 0.395 e. The summed E-state index contributed by atoms with van der Waals surface area (Å²) in [5.74, 6) is -1.04. The van der Waals surface area contributed by atoms with Crippen LogP contribution in [0.2, 0.25) is 5.02 Å². The maximum absolute atomic E-state index is 14.1. The van der Waals surface area contributed by atoms with Gasteiger partial charge in [0, 0.05) is 13.1 Å². The molecule has 1 aliphatic rings. The molecule has 1 heterocycles. The first kappa shape index (κ1) is 17.0. The van der Waals surface area contributed by atoms with Gasteiger partial charge < -0.3 is 10.8 Å². The summed E-state index contributed by atoms with van der Waals surface area (Å²) in [6.45, 7) is 1.77. The molecule has 1 fully saturated rings. The molecule has 0 radical (unpaired) electrons. The molecule has 0 aromatic heterocycles. The smallest absolute Gasteiger partial charge is 0.246 e. The van der Waals surface area contributed by atoms with E-state index in [1.165, 1.54) is 0 Å². The Morgan fingerprint density at radius 3 is 2.67 bits per heavy atom. The number of hydrogen-bond donors (Lipinski definition) is 2. The number of nitrogens with zero attached hydrogens (tertiary/aromatic N) is 1. The van der Waals surface area contributed by atoms with Gasteiger partial charge in [0.2, 0.25) is 10.0 Å². The molecule has 5 nitrogen and oxygen atoms in total. The van der Waals surface area contributed by atoms with E-state index >= 15 is 0 Å². The minimum absolute atomic E-state index is 0.0109. The number of sulfonamides is 1. The molecule has 0 amide bonds. The Morgan fingerprint density at radius 1 is 1.57 bits per heavy atom. The highest BCUT2D eigenvalue weighted by Gasteiger charge is 2.47. The number of nitrogens with two attached hydrogens (primary N) is 1. The molecule has 2 rings (SSSR count). The van der Waals surface area contributed by atoms with Crippen LogP contribution in [0.25, 0.3) is 0 Å². The third-order valence-corrected chi connectivity index (χ3v) is 6.60. The zero-order valence-corrected chi connectivity index (χ0v) is 14.4. The first-order chi connectivity index (χ1) is 9.62. The van der Waals surface area contributed by atoms with Gasteiger partial charge in [-0.25, -0.2) is 12.8 Å². The summed E-state index contributed by atoms with van der Waals surface area (Å²) >= 11 is 8.84. The molecule has 1 aliphatic heterocycles. The number of aliphatic hydroxyl groups is 1. The minimum Gasteiger partial charge on any atom is -0.395 e. The predicted molar refractivity (Wildman–Crippen MR) is 82.1 cm³/mol. The molecule has 0 bridgehead atoms. The molecule has 1 aromatic rings. The summed E-state index contributed by atoms with van der Waals surface area (Å²) in [6.07, 6.45) is 1.22. The maximum atomic E-state index is 14.1. The van der Waals surface area contributed by atoms with Crippen molar-refractivity contribution >= 4 is 43.2 Å². The average molecular weight is 402 g/mol. The van der Waals surface area contributed by atoms with Crippen LogP contribution >= 0.6 is 27.5 Å². The zero-order valence-electron chi connectivity index (χ0n) is 11.2. The summed E-state index contributed by atoms with van der Waals surface area (Å²) in [5, 5.41) is 10.1. The Hall–Kier alpha value is -0.410. The molecule has 1 aromatic carbocycles. The predicted octanol–water partition coefficient (Wildman–Crippen LogP) is 2.36. The number of nitrogen functional groups attached to an aromatic ring is 1. The standard InChI is InChI=1S/C12H15BrClFN2O3S/c1-2-3-12(18)5-17(6-12)21(19,20)8-4-7(14)9(13)11(16)10(8)15/h4,18H,2-3,5-6,16H2,1H3. The Bertz CT molecular complexity index is 678. The number of anilines is 1. The van der Waals surface area contributed by atoms with Crippen LogP contribution in [-0.4, -0.2) is 36.5 Å². The van der Waals surface area contributed by atoms with Gasteiger partial charge in [0.1, 0.15) is 4.90 Å². The summed E-state index contributed by atoms with van der Waals surface area (Å²) in [7, 11) is -4.07. The first-order valence-electron chi connectivity index (χ1n) is 6.28. The Labute approximate surface area is 136 Å².